The number of aromatic nitrogens is 2. The highest BCUT2D eigenvalue weighted by Crippen LogP contribution is 2.33. The van der Waals surface area contributed by atoms with Gasteiger partial charge < -0.3 is 15.1 Å². The first-order chi connectivity index (χ1) is 23.9. The maximum absolute atomic E-state index is 13.5. The summed E-state index contributed by atoms with van der Waals surface area (Å²) in [5.74, 6) is 2.75. The molecule has 0 saturated heterocycles. The van der Waals surface area contributed by atoms with Gasteiger partial charge in [0.25, 0.3) is 0 Å². The van der Waals surface area contributed by atoms with Gasteiger partial charge >= 0.3 is 0 Å². The third kappa shape index (κ3) is 11.7. The second-order valence-electron chi connectivity index (χ2n) is 14.3. The van der Waals surface area contributed by atoms with Gasteiger partial charge in [-0.15, -0.1) is 6.58 Å². The van der Waals surface area contributed by atoms with E-state index in [9.17, 15) is 9.59 Å². The van der Waals surface area contributed by atoms with Gasteiger partial charge in [-0.3, -0.25) is 9.59 Å². The van der Waals surface area contributed by atoms with Gasteiger partial charge in [-0.1, -0.05) is 81.1 Å². The lowest BCUT2D eigenvalue weighted by molar-refractivity contribution is -0.124. The van der Waals surface area contributed by atoms with Crippen molar-refractivity contribution in [2.24, 2.45) is 17.8 Å². The normalized spacial score (nSPS) is 17.8. The number of anilines is 1. The van der Waals surface area contributed by atoms with Crippen molar-refractivity contribution in [3.05, 3.63) is 101 Å². The summed E-state index contributed by atoms with van der Waals surface area (Å²) >= 11 is 0. The Kier molecular flexibility index (Phi) is 15.9. The second kappa shape index (κ2) is 19.8. The van der Waals surface area contributed by atoms with E-state index >= 15 is 0 Å². The van der Waals surface area contributed by atoms with E-state index in [1.54, 1.807) is 6.08 Å². The maximum atomic E-state index is 13.5. The fraction of sp³-hybridized carbons (Fsp3) is 0.488. The number of aryl methyl sites for hydroxylation is 2. The summed E-state index contributed by atoms with van der Waals surface area (Å²) in [6, 6.07) is 15.7. The van der Waals surface area contributed by atoms with Crippen molar-refractivity contribution in [2.75, 3.05) is 32.6 Å². The lowest BCUT2D eigenvalue weighted by Gasteiger charge is -2.31. The fourth-order valence-corrected chi connectivity index (χ4v) is 6.77. The van der Waals surface area contributed by atoms with Crippen molar-refractivity contribution in [3.63, 3.8) is 0 Å². The van der Waals surface area contributed by atoms with Crippen LogP contribution in [0.15, 0.2) is 84.2 Å². The minimum absolute atomic E-state index is 0.000440. The number of benzene rings is 2. The van der Waals surface area contributed by atoms with Crippen LogP contribution in [0.3, 0.4) is 0 Å². The van der Waals surface area contributed by atoms with Crippen LogP contribution in [0.2, 0.25) is 0 Å². The molecule has 1 aliphatic carbocycles. The SMILES string of the molecule is C=CC.CCCC1=C(C)CC(C(CC(=O)c2ccc(C)cc2)C(=O)NCC2CCC(C)CC2)=CN1C.Cc1nc(N(C)C)c2ccccc2n1. The number of nitrogens with zero attached hydrogens (tertiary/aromatic N) is 4. The Bertz CT molecular complexity index is 1630. The molecule has 2 aromatic carbocycles. The first kappa shape index (κ1) is 40.2. The molecule has 2 heterocycles. The van der Waals surface area contributed by atoms with Gasteiger partial charge in [-0.2, -0.15) is 0 Å². The van der Waals surface area contributed by atoms with Crippen molar-refractivity contribution in [1.29, 1.82) is 0 Å². The second-order valence-corrected chi connectivity index (χ2v) is 14.3. The molecule has 0 radical (unpaired) electrons. The van der Waals surface area contributed by atoms with Gasteiger partial charge in [-0.25, -0.2) is 9.97 Å². The number of rotatable bonds is 10. The van der Waals surface area contributed by atoms with Gasteiger partial charge in [0.05, 0.1) is 11.4 Å². The van der Waals surface area contributed by atoms with Gasteiger partial charge in [-0.05, 0) is 88.5 Å². The molecule has 1 aromatic heterocycles. The van der Waals surface area contributed by atoms with Crippen LogP contribution < -0.4 is 10.2 Å². The van der Waals surface area contributed by atoms with Gasteiger partial charge in [0, 0.05) is 57.0 Å². The molecule has 7 heteroatoms. The molecule has 1 N–H and O–H groups in total. The van der Waals surface area contributed by atoms with Crippen molar-refractivity contribution in [3.8, 4) is 0 Å². The van der Waals surface area contributed by atoms with E-state index in [4.69, 9.17) is 0 Å². The standard InChI is InChI=1S/C29H42N2O2.C11H13N3.C3H6/c1-6-7-27-22(4)16-25(19-31(27)5)26(17-28(32)24-14-10-21(3)11-15-24)29(33)30-18-23-12-8-20(2)9-13-23;1-8-12-10-7-5-4-6-9(10)11(13-8)14(2)3;1-3-2/h10-11,14-15,19-20,23,26H,6-9,12-13,16-18H2,1-5H3,(H,30,33);4-7H,1-3H3;3H,1H2,2H3. The van der Waals surface area contributed by atoms with Crippen LogP contribution in [-0.4, -0.2) is 54.2 Å². The summed E-state index contributed by atoms with van der Waals surface area (Å²) < 4.78 is 0. The van der Waals surface area contributed by atoms with Crippen molar-refractivity contribution in [1.82, 2.24) is 20.2 Å². The first-order valence-corrected chi connectivity index (χ1v) is 18.4. The summed E-state index contributed by atoms with van der Waals surface area (Å²) in [7, 11) is 6.05. The van der Waals surface area contributed by atoms with Crippen LogP contribution in [0, 0.1) is 31.6 Å². The van der Waals surface area contributed by atoms with Crippen molar-refractivity contribution in [2.45, 2.75) is 92.9 Å². The molecule has 0 spiro atoms. The lowest BCUT2D eigenvalue weighted by atomic mass is 9.82. The Morgan fingerprint density at radius 3 is 2.26 bits per heavy atom. The minimum atomic E-state index is -0.429. The zero-order chi connectivity index (χ0) is 36.8. The quantitative estimate of drug-likeness (QED) is 0.170. The lowest BCUT2D eigenvalue weighted by Crippen LogP contribution is -2.38. The number of para-hydroxylation sites is 1. The maximum Gasteiger partial charge on any atom is 0.227 e. The zero-order valence-corrected chi connectivity index (χ0v) is 32.2. The molecule has 1 amide bonds. The summed E-state index contributed by atoms with van der Waals surface area (Å²) in [5, 5.41) is 4.33. The fourth-order valence-electron chi connectivity index (χ4n) is 6.77. The Hall–Kier alpha value is -4.26. The summed E-state index contributed by atoms with van der Waals surface area (Å²) in [4.78, 5) is 39.6. The third-order valence-electron chi connectivity index (χ3n) is 9.58. The van der Waals surface area contributed by atoms with E-state index in [1.807, 2.05) is 88.3 Å². The molecule has 0 bridgehead atoms. The van der Waals surface area contributed by atoms with Crippen LogP contribution in [0.1, 0.15) is 101 Å². The molecule has 2 aliphatic rings. The number of fused-ring (bicyclic) bond motifs is 1. The Balaban J connectivity index is 0.000000327. The number of nitrogens with one attached hydrogen (secondary N) is 1. The predicted octanol–water partition coefficient (Wildman–Crippen LogP) is 9.62. The molecular formula is C43H61N5O2. The minimum Gasteiger partial charge on any atom is -0.362 e. The average Bonchev–Trinajstić information content (AvgIpc) is 3.08. The molecule has 7 nitrogen and oxygen atoms in total. The van der Waals surface area contributed by atoms with E-state index in [0.29, 0.717) is 11.5 Å². The molecule has 1 saturated carbocycles. The molecule has 270 valence electrons. The van der Waals surface area contributed by atoms with E-state index in [-0.39, 0.29) is 18.1 Å². The van der Waals surface area contributed by atoms with E-state index in [1.165, 1.54) is 37.0 Å². The Labute approximate surface area is 302 Å². The van der Waals surface area contributed by atoms with E-state index < -0.39 is 5.92 Å². The molecule has 1 aliphatic heterocycles. The summed E-state index contributed by atoms with van der Waals surface area (Å²) in [6.45, 7) is 16.6. The van der Waals surface area contributed by atoms with Crippen LogP contribution in [0.25, 0.3) is 10.9 Å². The van der Waals surface area contributed by atoms with E-state index in [2.05, 4.69) is 60.8 Å². The molecule has 1 unspecified atom stereocenters. The van der Waals surface area contributed by atoms with Crippen molar-refractivity contribution >= 4 is 28.4 Å². The largest absolute Gasteiger partial charge is 0.362 e. The first-order valence-electron chi connectivity index (χ1n) is 18.4. The highest BCUT2D eigenvalue weighted by Gasteiger charge is 2.30. The zero-order valence-electron chi connectivity index (χ0n) is 32.2. The van der Waals surface area contributed by atoms with Crippen LogP contribution >= 0.6 is 0 Å². The van der Waals surface area contributed by atoms with Crippen molar-refractivity contribution < 1.29 is 9.59 Å². The third-order valence-corrected chi connectivity index (χ3v) is 9.58. The number of allylic oxidation sites excluding steroid dienone is 3. The predicted molar refractivity (Wildman–Crippen MR) is 210 cm³/mol. The van der Waals surface area contributed by atoms with Gasteiger partial charge in [0.1, 0.15) is 11.6 Å². The highest BCUT2D eigenvalue weighted by molar-refractivity contribution is 5.99. The number of hydrogen-bond donors (Lipinski definition) is 1. The van der Waals surface area contributed by atoms with Crippen LogP contribution in [-0.2, 0) is 4.79 Å². The molecule has 3 aromatic rings. The summed E-state index contributed by atoms with van der Waals surface area (Å²) in [6.07, 6.45) is 11.8. The number of ketones is 1. The van der Waals surface area contributed by atoms with Gasteiger partial charge in [0.15, 0.2) is 5.78 Å². The summed E-state index contributed by atoms with van der Waals surface area (Å²) in [5.41, 5.74) is 6.50. The number of Topliss-reactive ketones (excluding diaryl/α,β-unsaturated/α-hetero) is 1. The molecule has 1 fully saturated rings. The van der Waals surface area contributed by atoms with E-state index in [0.717, 1.165) is 65.4 Å². The molecule has 50 heavy (non-hydrogen) atoms. The molecule has 5 rings (SSSR count). The van der Waals surface area contributed by atoms with Gasteiger partial charge in [0.2, 0.25) is 5.91 Å². The number of amides is 1. The van der Waals surface area contributed by atoms with Crippen LogP contribution in [0.5, 0.6) is 0 Å². The number of carbonyl (C=O) groups excluding carboxylic acids is 2. The van der Waals surface area contributed by atoms with Crippen LogP contribution in [0.4, 0.5) is 5.82 Å². The molecular weight excluding hydrogens is 619 g/mol. The highest BCUT2D eigenvalue weighted by atomic mass is 16.2. The Morgan fingerprint density at radius 1 is 1.02 bits per heavy atom. The topological polar surface area (TPSA) is 78.4 Å². The smallest absolute Gasteiger partial charge is 0.227 e. The molecule has 1 atom stereocenters. The average molecular weight is 680 g/mol. The Morgan fingerprint density at radius 2 is 1.66 bits per heavy atom. The number of carbonyl (C=O) groups is 2. The number of hydrogen-bond acceptors (Lipinski definition) is 6. The monoisotopic (exact) mass is 679 g/mol.